The lowest BCUT2D eigenvalue weighted by Crippen LogP contribution is -2.09. The van der Waals surface area contributed by atoms with Crippen molar-refractivity contribution in [3.63, 3.8) is 0 Å². The summed E-state index contributed by atoms with van der Waals surface area (Å²) in [5.74, 6) is 1.06. The Morgan fingerprint density at radius 1 is 1.00 bits per heavy atom. The summed E-state index contributed by atoms with van der Waals surface area (Å²) in [4.78, 5) is 8.74. The number of rotatable bonds is 6. The van der Waals surface area contributed by atoms with E-state index in [0.29, 0.717) is 24.5 Å². The van der Waals surface area contributed by atoms with Crippen molar-refractivity contribution in [2.75, 3.05) is 17.2 Å². The highest BCUT2D eigenvalue weighted by Crippen LogP contribution is 2.25. The highest BCUT2D eigenvalue weighted by molar-refractivity contribution is 5.65. The Bertz CT molecular complexity index is 885. The van der Waals surface area contributed by atoms with Gasteiger partial charge in [-0.2, -0.15) is 4.98 Å². The van der Waals surface area contributed by atoms with Gasteiger partial charge in [0.05, 0.1) is 0 Å². The van der Waals surface area contributed by atoms with E-state index in [0.717, 1.165) is 11.5 Å². The Morgan fingerprint density at radius 3 is 2.46 bits per heavy atom. The first-order valence-corrected chi connectivity index (χ1v) is 8.68. The Labute approximate surface area is 153 Å². The van der Waals surface area contributed by atoms with Crippen molar-refractivity contribution in [3.8, 4) is 0 Å². The van der Waals surface area contributed by atoms with Gasteiger partial charge in [-0.25, -0.2) is 9.37 Å². The molecule has 2 N–H and O–H groups in total. The maximum atomic E-state index is 13.7. The normalized spacial score (nSPS) is 10.6. The minimum absolute atomic E-state index is 0.184. The van der Waals surface area contributed by atoms with Crippen LogP contribution in [0.1, 0.15) is 22.3 Å². The van der Waals surface area contributed by atoms with E-state index in [9.17, 15) is 4.39 Å². The molecule has 0 unspecified atom stereocenters. The molecule has 0 fully saturated rings. The van der Waals surface area contributed by atoms with Gasteiger partial charge in [0, 0.05) is 18.4 Å². The average Bonchev–Trinajstić information content (AvgIpc) is 2.60. The number of halogens is 1. The molecular weight excluding hydrogens is 327 g/mol. The lowest BCUT2D eigenvalue weighted by atomic mass is 10.1. The van der Waals surface area contributed by atoms with Crippen molar-refractivity contribution in [1.29, 1.82) is 0 Å². The van der Waals surface area contributed by atoms with Crippen LogP contribution in [0.3, 0.4) is 0 Å². The third kappa shape index (κ3) is 4.36. The van der Waals surface area contributed by atoms with Gasteiger partial charge in [0.1, 0.15) is 11.6 Å². The van der Waals surface area contributed by atoms with Crippen molar-refractivity contribution < 1.29 is 4.39 Å². The third-order valence-corrected chi connectivity index (χ3v) is 4.22. The van der Waals surface area contributed by atoms with Crippen molar-refractivity contribution >= 4 is 17.5 Å². The van der Waals surface area contributed by atoms with Crippen molar-refractivity contribution in [2.24, 2.45) is 0 Å². The van der Waals surface area contributed by atoms with E-state index in [1.807, 2.05) is 12.1 Å². The Kier molecular flexibility index (Phi) is 5.46. The van der Waals surface area contributed by atoms with Crippen molar-refractivity contribution in [3.05, 3.63) is 76.7 Å². The van der Waals surface area contributed by atoms with E-state index < -0.39 is 0 Å². The quantitative estimate of drug-likeness (QED) is 0.661. The number of hydrogen-bond acceptors (Lipinski definition) is 4. The average molecular weight is 350 g/mol. The van der Waals surface area contributed by atoms with Gasteiger partial charge in [-0.3, -0.25) is 0 Å². The molecule has 2 aromatic carbocycles. The van der Waals surface area contributed by atoms with Gasteiger partial charge >= 0.3 is 0 Å². The molecule has 0 aliphatic carbocycles. The molecule has 0 aliphatic rings. The van der Waals surface area contributed by atoms with Gasteiger partial charge in [0.25, 0.3) is 0 Å². The van der Waals surface area contributed by atoms with E-state index in [1.165, 1.54) is 22.8 Å². The molecular formula is C21H23FN4. The summed E-state index contributed by atoms with van der Waals surface area (Å²) in [6.07, 6.45) is 2.28. The second-order valence-electron chi connectivity index (χ2n) is 6.43. The standard InChI is InChI=1S/C21H23FN4/c1-14-12-15(2)20(16(3)13-14)25-19-9-11-24-21(26-19)23-10-8-17-6-4-5-7-18(17)22/h4-7,9,11-13H,8,10H2,1-3H3,(H2,23,24,25,26). The summed E-state index contributed by atoms with van der Waals surface area (Å²) < 4.78 is 13.7. The van der Waals surface area contributed by atoms with E-state index in [4.69, 9.17) is 0 Å². The SMILES string of the molecule is Cc1cc(C)c(Nc2ccnc(NCCc3ccccc3F)n2)c(C)c1. The van der Waals surface area contributed by atoms with E-state index in [-0.39, 0.29) is 5.82 Å². The first-order valence-electron chi connectivity index (χ1n) is 8.68. The summed E-state index contributed by atoms with van der Waals surface area (Å²) in [5, 5.41) is 6.53. The van der Waals surface area contributed by atoms with Crippen LogP contribution in [0, 0.1) is 26.6 Å². The molecule has 26 heavy (non-hydrogen) atoms. The maximum absolute atomic E-state index is 13.7. The minimum Gasteiger partial charge on any atom is -0.354 e. The predicted molar refractivity (Wildman–Crippen MR) is 105 cm³/mol. The molecule has 0 saturated heterocycles. The zero-order chi connectivity index (χ0) is 18.5. The van der Waals surface area contributed by atoms with Gasteiger partial charge in [0.15, 0.2) is 0 Å². The van der Waals surface area contributed by atoms with Crippen LogP contribution in [0.2, 0.25) is 0 Å². The second kappa shape index (κ2) is 7.95. The minimum atomic E-state index is -0.184. The van der Waals surface area contributed by atoms with Crippen molar-refractivity contribution in [1.82, 2.24) is 9.97 Å². The molecule has 1 aromatic heterocycles. The van der Waals surface area contributed by atoms with E-state index >= 15 is 0 Å². The lowest BCUT2D eigenvalue weighted by Gasteiger charge is -2.14. The van der Waals surface area contributed by atoms with Gasteiger partial charge in [-0.1, -0.05) is 35.9 Å². The largest absolute Gasteiger partial charge is 0.354 e. The second-order valence-corrected chi connectivity index (χ2v) is 6.43. The van der Waals surface area contributed by atoms with Gasteiger partial charge in [-0.15, -0.1) is 0 Å². The number of benzene rings is 2. The van der Waals surface area contributed by atoms with E-state index in [1.54, 1.807) is 18.3 Å². The Hall–Kier alpha value is -2.95. The van der Waals surface area contributed by atoms with Crippen LogP contribution in [-0.2, 0) is 6.42 Å². The monoisotopic (exact) mass is 350 g/mol. The van der Waals surface area contributed by atoms with Gasteiger partial charge < -0.3 is 10.6 Å². The lowest BCUT2D eigenvalue weighted by molar-refractivity contribution is 0.610. The van der Waals surface area contributed by atoms with E-state index in [2.05, 4.69) is 53.5 Å². The number of hydrogen-bond donors (Lipinski definition) is 2. The predicted octanol–water partition coefficient (Wildman–Crippen LogP) is 4.94. The highest BCUT2D eigenvalue weighted by Gasteiger charge is 2.06. The summed E-state index contributed by atoms with van der Waals surface area (Å²) >= 11 is 0. The molecule has 5 heteroatoms. The number of nitrogens with zero attached hydrogens (tertiary/aromatic N) is 2. The molecule has 0 amide bonds. The zero-order valence-corrected chi connectivity index (χ0v) is 15.3. The summed E-state index contributed by atoms with van der Waals surface area (Å²) in [6, 6.07) is 12.9. The van der Waals surface area contributed by atoms with Gasteiger partial charge in [0.2, 0.25) is 5.95 Å². The molecule has 0 spiro atoms. The van der Waals surface area contributed by atoms with Crippen LogP contribution in [-0.4, -0.2) is 16.5 Å². The molecule has 0 saturated carbocycles. The number of aryl methyl sites for hydroxylation is 3. The molecule has 4 nitrogen and oxygen atoms in total. The molecule has 0 bridgehead atoms. The van der Waals surface area contributed by atoms with Crippen LogP contribution >= 0.6 is 0 Å². The summed E-state index contributed by atoms with van der Waals surface area (Å²) in [5.41, 5.74) is 5.33. The molecule has 0 atom stereocenters. The fourth-order valence-corrected chi connectivity index (χ4v) is 3.03. The van der Waals surface area contributed by atoms with Crippen LogP contribution in [0.15, 0.2) is 48.7 Å². The molecule has 3 aromatic rings. The zero-order valence-electron chi connectivity index (χ0n) is 15.3. The molecule has 134 valence electrons. The number of aromatic nitrogens is 2. The Balaban J connectivity index is 1.66. The topological polar surface area (TPSA) is 49.8 Å². The van der Waals surface area contributed by atoms with Crippen LogP contribution in [0.5, 0.6) is 0 Å². The molecule has 0 radical (unpaired) electrons. The first kappa shape index (κ1) is 17.9. The third-order valence-electron chi connectivity index (χ3n) is 4.22. The maximum Gasteiger partial charge on any atom is 0.224 e. The fourth-order valence-electron chi connectivity index (χ4n) is 3.03. The molecule has 0 aliphatic heterocycles. The number of anilines is 3. The van der Waals surface area contributed by atoms with Gasteiger partial charge in [-0.05, 0) is 56.0 Å². The molecule has 3 rings (SSSR count). The van der Waals surface area contributed by atoms with Crippen LogP contribution < -0.4 is 10.6 Å². The smallest absolute Gasteiger partial charge is 0.224 e. The fraction of sp³-hybridized carbons (Fsp3) is 0.238. The highest BCUT2D eigenvalue weighted by atomic mass is 19.1. The van der Waals surface area contributed by atoms with Crippen LogP contribution in [0.25, 0.3) is 0 Å². The van der Waals surface area contributed by atoms with Crippen molar-refractivity contribution in [2.45, 2.75) is 27.2 Å². The summed E-state index contributed by atoms with van der Waals surface area (Å²) in [6.45, 7) is 6.81. The van der Waals surface area contributed by atoms with Crippen LogP contribution in [0.4, 0.5) is 21.8 Å². The summed E-state index contributed by atoms with van der Waals surface area (Å²) in [7, 11) is 0. The Morgan fingerprint density at radius 2 is 1.73 bits per heavy atom. The number of nitrogens with one attached hydrogen (secondary N) is 2. The molecule has 1 heterocycles. The first-order chi connectivity index (χ1) is 12.5.